The van der Waals surface area contributed by atoms with Crippen molar-refractivity contribution in [2.24, 2.45) is 0 Å². The van der Waals surface area contributed by atoms with Crippen LogP contribution in [0.4, 0.5) is 0 Å². The van der Waals surface area contributed by atoms with E-state index >= 15 is 0 Å². The van der Waals surface area contributed by atoms with Gasteiger partial charge in [0, 0.05) is 34.3 Å². The number of hydrogen-bond donors (Lipinski definition) is 2. The van der Waals surface area contributed by atoms with Crippen LogP contribution in [0.2, 0.25) is 5.02 Å². The first-order chi connectivity index (χ1) is 20.4. The highest BCUT2D eigenvalue weighted by Crippen LogP contribution is 2.39. The third-order valence-corrected chi connectivity index (χ3v) is 8.40. The van der Waals surface area contributed by atoms with Crippen LogP contribution in [-0.2, 0) is 6.54 Å². The van der Waals surface area contributed by atoms with Gasteiger partial charge in [-0.05, 0) is 49.7 Å². The Morgan fingerprint density at radius 2 is 2.14 bits per heavy atom. The first-order valence-electron chi connectivity index (χ1n) is 13.1. The molecule has 0 amide bonds. The Labute approximate surface area is 248 Å². The second kappa shape index (κ2) is 11.3. The predicted molar refractivity (Wildman–Crippen MR) is 161 cm³/mol. The van der Waals surface area contributed by atoms with Crippen molar-refractivity contribution in [1.29, 1.82) is 5.26 Å². The zero-order chi connectivity index (χ0) is 29.4. The number of carbonyl (C=O) groups is 1. The molecule has 42 heavy (non-hydrogen) atoms. The molecule has 1 aliphatic heterocycles. The minimum atomic E-state index is -1.05. The molecule has 0 spiro atoms. The van der Waals surface area contributed by atoms with Crippen molar-refractivity contribution < 1.29 is 14.6 Å². The summed E-state index contributed by atoms with van der Waals surface area (Å²) in [6.45, 7) is 3.49. The van der Waals surface area contributed by atoms with Crippen LogP contribution in [0.15, 0.2) is 52.9 Å². The molecule has 2 N–H and O–H groups in total. The monoisotopic (exact) mass is 598 g/mol. The van der Waals surface area contributed by atoms with Crippen LogP contribution in [0.25, 0.3) is 37.8 Å². The number of nitrogens with one attached hydrogen (secondary N) is 1. The van der Waals surface area contributed by atoms with Crippen molar-refractivity contribution in [3.8, 4) is 22.9 Å². The Morgan fingerprint density at radius 3 is 2.90 bits per heavy atom. The molecule has 6 rings (SSSR count). The fourth-order valence-electron chi connectivity index (χ4n) is 5.15. The van der Waals surface area contributed by atoms with Crippen molar-refractivity contribution >= 4 is 55.6 Å². The molecule has 5 heterocycles. The third-order valence-electron chi connectivity index (χ3n) is 7.16. The van der Waals surface area contributed by atoms with Crippen LogP contribution < -0.4 is 15.6 Å². The van der Waals surface area contributed by atoms with Gasteiger partial charge in [0.25, 0.3) is 5.56 Å². The number of hydrogen-bond acceptors (Lipinski definition) is 9. The van der Waals surface area contributed by atoms with Gasteiger partial charge in [-0.15, -0.1) is 11.3 Å². The molecule has 1 aliphatic rings. The first kappa shape index (κ1) is 27.5. The molecule has 0 saturated heterocycles. The average molecular weight is 599 g/mol. The highest BCUT2D eigenvalue weighted by atomic mass is 35.5. The Hall–Kier alpha value is -4.63. The van der Waals surface area contributed by atoms with Crippen LogP contribution in [0.3, 0.4) is 0 Å². The number of benzene rings is 1. The zero-order valence-corrected chi connectivity index (χ0v) is 23.9. The molecule has 1 aromatic carbocycles. The van der Waals surface area contributed by atoms with Gasteiger partial charge in [-0.2, -0.15) is 5.26 Å². The van der Waals surface area contributed by atoms with Crippen molar-refractivity contribution in [3.63, 3.8) is 0 Å². The molecule has 10 nitrogen and oxygen atoms in total. The third kappa shape index (κ3) is 4.90. The van der Waals surface area contributed by atoms with Gasteiger partial charge in [-0.3, -0.25) is 19.3 Å². The Kier molecular flexibility index (Phi) is 7.43. The molecular formula is C30H23ClN6O4S. The second-order valence-corrected chi connectivity index (χ2v) is 10.9. The highest BCUT2D eigenvalue weighted by molar-refractivity contribution is 7.18. The summed E-state index contributed by atoms with van der Waals surface area (Å²) in [5.41, 5.74) is 3.66. The molecule has 0 saturated carbocycles. The fraction of sp³-hybridized carbons (Fsp3) is 0.200. The summed E-state index contributed by atoms with van der Waals surface area (Å²) < 4.78 is 8.38. The second-order valence-electron chi connectivity index (χ2n) is 9.63. The van der Waals surface area contributed by atoms with Gasteiger partial charge < -0.3 is 15.2 Å². The van der Waals surface area contributed by atoms with Gasteiger partial charge >= 0.3 is 5.97 Å². The van der Waals surface area contributed by atoms with E-state index in [0.717, 1.165) is 17.7 Å². The Balaban J connectivity index is 1.34. The summed E-state index contributed by atoms with van der Waals surface area (Å²) in [6, 6.07) is 9.18. The van der Waals surface area contributed by atoms with E-state index in [4.69, 9.17) is 16.3 Å². The van der Waals surface area contributed by atoms with Gasteiger partial charge in [0.05, 0.1) is 50.7 Å². The lowest BCUT2D eigenvalue weighted by Gasteiger charge is -2.17. The molecule has 0 radical (unpaired) electrons. The van der Waals surface area contributed by atoms with Crippen molar-refractivity contribution in [3.05, 3.63) is 86.1 Å². The zero-order valence-electron chi connectivity index (χ0n) is 22.3. The molecule has 0 atom stereocenters. The van der Waals surface area contributed by atoms with E-state index < -0.39 is 5.97 Å². The van der Waals surface area contributed by atoms with Crippen LogP contribution >= 0.6 is 22.9 Å². The van der Waals surface area contributed by atoms with E-state index in [0.29, 0.717) is 56.6 Å². The number of ether oxygens (including phenoxy) is 1. The van der Waals surface area contributed by atoms with Gasteiger partial charge in [-0.1, -0.05) is 17.7 Å². The summed E-state index contributed by atoms with van der Waals surface area (Å²) in [5, 5.41) is 25.1. The molecule has 210 valence electrons. The van der Waals surface area contributed by atoms with Gasteiger partial charge in [-0.25, -0.2) is 9.78 Å². The van der Waals surface area contributed by atoms with Crippen molar-refractivity contribution in [2.75, 3.05) is 19.7 Å². The summed E-state index contributed by atoms with van der Waals surface area (Å²) in [4.78, 5) is 38.7. The van der Waals surface area contributed by atoms with E-state index in [1.165, 1.54) is 15.9 Å². The number of nitriles is 1. The Bertz CT molecular complexity index is 2030. The van der Waals surface area contributed by atoms with Crippen LogP contribution in [-0.4, -0.2) is 50.3 Å². The maximum Gasteiger partial charge on any atom is 0.338 e. The number of thiophene rings is 1. The number of rotatable bonds is 7. The number of carboxylic acids is 1. The van der Waals surface area contributed by atoms with Crippen molar-refractivity contribution in [1.82, 2.24) is 24.8 Å². The number of pyridine rings is 2. The number of aryl methyl sites for hydroxylation is 1. The molecule has 12 heteroatoms. The van der Waals surface area contributed by atoms with E-state index in [9.17, 15) is 20.0 Å². The summed E-state index contributed by atoms with van der Waals surface area (Å²) in [6.07, 6.45) is 5.82. The minimum absolute atomic E-state index is 0.123. The number of carboxylic acid groups (broad SMARTS) is 1. The van der Waals surface area contributed by atoms with Crippen molar-refractivity contribution in [2.45, 2.75) is 19.9 Å². The standard InChI is InChI=1S/C30H23ClN6O4S/c1-16-36-23-14-35-26(17-4-7-33-8-5-17)21(13-32)25(23)29(38)37(16)10-11-41-24-3-2-18(31)12-20(24)19-6-9-34-27-22(30(39)40)15-42-28(19)27/h2-4,6,9,12,14-15,33H,5,7-8,10-11H2,1H3,(H,39,40). The SMILES string of the molecule is Cc1nc2cnc(C3=CCNCC3)c(C#N)c2c(=O)n1CCOc1ccc(Cl)cc1-c1ccnc2c(C(=O)O)csc12. The lowest BCUT2D eigenvalue weighted by Crippen LogP contribution is -2.27. The number of aromatic carboxylic acids is 1. The molecule has 0 aliphatic carbocycles. The van der Waals surface area contributed by atoms with E-state index in [-0.39, 0.29) is 35.2 Å². The number of nitrogens with zero attached hydrogens (tertiary/aromatic N) is 5. The lowest BCUT2D eigenvalue weighted by atomic mass is 9.99. The van der Waals surface area contributed by atoms with Gasteiger partial charge in [0.2, 0.25) is 0 Å². The lowest BCUT2D eigenvalue weighted by molar-refractivity contribution is 0.0699. The van der Waals surface area contributed by atoms with Gasteiger partial charge in [0.1, 0.15) is 24.3 Å². The molecular weight excluding hydrogens is 576 g/mol. The summed E-state index contributed by atoms with van der Waals surface area (Å²) in [7, 11) is 0. The molecule has 0 bridgehead atoms. The Morgan fingerprint density at radius 1 is 1.29 bits per heavy atom. The van der Waals surface area contributed by atoms with E-state index in [2.05, 4.69) is 26.3 Å². The first-order valence-corrected chi connectivity index (χ1v) is 14.4. The van der Waals surface area contributed by atoms with Crippen LogP contribution in [0, 0.1) is 18.3 Å². The largest absolute Gasteiger partial charge is 0.491 e. The number of halogens is 1. The maximum atomic E-state index is 13.7. The van der Waals surface area contributed by atoms with E-state index in [1.807, 2.05) is 6.08 Å². The molecule has 4 aromatic heterocycles. The summed E-state index contributed by atoms with van der Waals surface area (Å²) in [5.74, 6) is -0.0607. The van der Waals surface area contributed by atoms with Crippen LogP contribution in [0.1, 0.15) is 33.9 Å². The molecule has 5 aromatic rings. The molecule has 0 fully saturated rings. The predicted octanol–water partition coefficient (Wildman–Crippen LogP) is 5.06. The topological polar surface area (TPSA) is 143 Å². The average Bonchev–Trinajstić information content (AvgIpc) is 3.44. The van der Waals surface area contributed by atoms with E-state index in [1.54, 1.807) is 49.0 Å². The number of aromatic nitrogens is 4. The highest BCUT2D eigenvalue weighted by Gasteiger charge is 2.21. The van der Waals surface area contributed by atoms with Gasteiger partial charge in [0.15, 0.2) is 0 Å². The minimum Gasteiger partial charge on any atom is -0.491 e. The quantitative estimate of drug-likeness (QED) is 0.263. The summed E-state index contributed by atoms with van der Waals surface area (Å²) >= 11 is 7.63. The van der Waals surface area contributed by atoms with Crippen LogP contribution in [0.5, 0.6) is 5.75 Å². The smallest absolute Gasteiger partial charge is 0.338 e. The maximum absolute atomic E-state index is 13.7. The normalized spacial score (nSPS) is 13.2. The fourth-order valence-corrected chi connectivity index (χ4v) is 6.35. The molecule has 0 unspecified atom stereocenters. The number of fused-ring (bicyclic) bond motifs is 2.